The van der Waals surface area contributed by atoms with Gasteiger partial charge in [0.2, 0.25) is 0 Å². The van der Waals surface area contributed by atoms with Crippen LogP contribution in [0.4, 0.5) is 22.0 Å². The Morgan fingerprint density at radius 3 is 2.42 bits per heavy atom. The van der Waals surface area contributed by atoms with Gasteiger partial charge in [0.05, 0.1) is 12.6 Å². The second kappa shape index (κ2) is 6.86. The molecule has 10 heteroatoms. The minimum absolute atomic E-state index is 0.0131. The van der Waals surface area contributed by atoms with Crippen LogP contribution in [-0.2, 0) is 13.0 Å². The van der Waals surface area contributed by atoms with Gasteiger partial charge in [-0.15, -0.1) is 0 Å². The topological polar surface area (TPSA) is 38.1 Å². The summed E-state index contributed by atoms with van der Waals surface area (Å²) >= 11 is 6.15. The predicted octanol–water partition coefficient (Wildman–Crippen LogP) is 3.65. The number of aromatic nitrogens is 2. The van der Waals surface area contributed by atoms with E-state index in [0.29, 0.717) is 17.7 Å². The molecule has 140 valence electrons. The Hall–Kier alpha value is -2.16. The second-order valence-corrected chi connectivity index (χ2v) is 6.31. The summed E-state index contributed by atoms with van der Waals surface area (Å²) in [5.41, 5.74) is -0.271. The largest absolute Gasteiger partial charge is 0.328 e. The summed E-state index contributed by atoms with van der Waals surface area (Å²) in [7, 11) is 0. The van der Waals surface area contributed by atoms with E-state index in [1.807, 2.05) is 0 Å². The molecule has 1 amide bonds. The van der Waals surface area contributed by atoms with E-state index in [9.17, 15) is 26.7 Å². The van der Waals surface area contributed by atoms with Crippen molar-refractivity contribution in [2.45, 2.75) is 32.4 Å². The van der Waals surface area contributed by atoms with Gasteiger partial charge in [0, 0.05) is 29.8 Å². The van der Waals surface area contributed by atoms with E-state index in [-0.39, 0.29) is 23.8 Å². The summed E-state index contributed by atoms with van der Waals surface area (Å²) in [5, 5.41) is 3.93. The molecule has 1 unspecified atom stereocenters. The summed E-state index contributed by atoms with van der Waals surface area (Å²) in [5.74, 6) is -4.03. The average molecular weight is 394 g/mol. The van der Waals surface area contributed by atoms with E-state index in [0.717, 1.165) is 9.58 Å². The first-order valence-corrected chi connectivity index (χ1v) is 8.06. The van der Waals surface area contributed by atoms with E-state index in [2.05, 4.69) is 5.10 Å². The zero-order chi connectivity index (χ0) is 19.2. The molecule has 26 heavy (non-hydrogen) atoms. The molecule has 0 saturated heterocycles. The average Bonchev–Trinajstić information content (AvgIpc) is 2.88. The molecule has 1 atom stereocenters. The summed E-state index contributed by atoms with van der Waals surface area (Å²) < 4.78 is 67.4. The summed E-state index contributed by atoms with van der Waals surface area (Å²) in [4.78, 5) is 13.4. The van der Waals surface area contributed by atoms with Crippen LogP contribution < -0.4 is 0 Å². The van der Waals surface area contributed by atoms with E-state index in [1.54, 1.807) is 0 Å². The molecule has 0 saturated carbocycles. The molecule has 1 aromatic carbocycles. The lowest BCUT2D eigenvalue weighted by atomic mass is 10.1. The molecular formula is C16H13ClF5N3O. The number of rotatable bonds is 4. The molecule has 0 fully saturated rings. The third-order valence-electron chi connectivity index (χ3n) is 4.32. The van der Waals surface area contributed by atoms with Crippen molar-refractivity contribution in [3.05, 3.63) is 51.6 Å². The Labute approximate surface area is 150 Å². The van der Waals surface area contributed by atoms with Gasteiger partial charge in [-0.1, -0.05) is 11.6 Å². The van der Waals surface area contributed by atoms with Gasteiger partial charge in [0.25, 0.3) is 12.3 Å². The molecule has 1 aromatic heterocycles. The molecule has 2 aromatic rings. The first-order valence-electron chi connectivity index (χ1n) is 7.68. The lowest BCUT2D eigenvalue weighted by Gasteiger charge is -2.31. The fraction of sp³-hybridized carbons (Fsp3) is 0.375. The van der Waals surface area contributed by atoms with Crippen molar-refractivity contribution in [3.63, 3.8) is 0 Å². The predicted molar refractivity (Wildman–Crippen MR) is 82.9 cm³/mol. The van der Waals surface area contributed by atoms with E-state index >= 15 is 0 Å². The van der Waals surface area contributed by atoms with Crippen molar-refractivity contribution in [3.8, 4) is 0 Å². The Morgan fingerprint density at radius 1 is 1.23 bits per heavy atom. The number of hydrogen-bond donors (Lipinski definition) is 0. The monoisotopic (exact) mass is 393 g/mol. The minimum atomic E-state index is -2.72. The summed E-state index contributed by atoms with van der Waals surface area (Å²) in [6.07, 6.45) is -2.54. The number of amides is 1. The molecule has 0 N–H and O–H groups in total. The van der Waals surface area contributed by atoms with Crippen LogP contribution in [0.2, 0.25) is 5.15 Å². The molecule has 1 aliphatic rings. The van der Waals surface area contributed by atoms with Crippen LogP contribution >= 0.6 is 11.6 Å². The van der Waals surface area contributed by atoms with Crippen molar-refractivity contribution in [2.75, 3.05) is 6.54 Å². The van der Waals surface area contributed by atoms with Gasteiger partial charge in [-0.2, -0.15) is 5.10 Å². The molecule has 3 rings (SSSR count). The zero-order valence-electron chi connectivity index (χ0n) is 13.4. The SMILES string of the molecule is CC(C(F)F)N1CCc2c(nn(Cc3c(F)cc(F)cc3F)c2Cl)C1=O. The molecule has 0 aliphatic carbocycles. The van der Waals surface area contributed by atoms with Gasteiger partial charge < -0.3 is 4.90 Å². The quantitative estimate of drug-likeness (QED) is 0.744. The Kier molecular flexibility index (Phi) is 4.92. The first kappa shape index (κ1) is 18.6. The number of benzene rings is 1. The maximum absolute atomic E-state index is 13.8. The Morgan fingerprint density at radius 2 is 1.85 bits per heavy atom. The van der Waals surface area contributed by atoms with Gasteiger partial charge in [0.1, 0.15) is 22.6 Å². The van der Waals surface area contributed by atoms with Crippen molar-refractivity contribution in [2.24, 2.45) is 0 Å². The second-order valence-electron chi connectivity index (χ2n) is 5.95. The van der Waals surface area contributed by atoms with Crippen LogP contribution in [0.15, 0.2) is 12.1 Å². The maximum Gasteiger partial charge on any atom is 0.275 e. The molecule has 1 aliphatic heterocycles. The highest BCUT2D eigenvalue weighted by molar-refractivity contribution is 6.31. The van der Waals surface area contributed by atoms with E-state index < -0.39 is 47.9 Å². The molecule has 4 nitrogen and oxygen atoms in total. The molecule has 0 spiro atoms. The van der Waals surface area contributed by atoms with Crippen molar-refractivity contribution in [1.82, 2.24) is 14.7 Å². The number of alkyl halides is 2. The van der Waals surface area contributed by atoms with Gasteiger partial charge >= 0.3 is 0 Å². The smallest absolute Gasteiger partial charge is 0.275 e. The Balaban J connectivity index is 1.95. The molecule has 0 bridgehead atoms. The van der Waals surface area contributed by atoms with Crippen molar-refractivity contribution >= 4 is 17.5 Å². The van der Waals surface area contributed by atoms with E-state index in [1.165, 1.54) is 6.92 Å². The standard InChI is InChI=1S/C16H13ClF5N3O/c1-7(15(21)22)24-3-2-9-13(16(24)26)23-25(14(9)17)6-10-11(19)4-8(18)5-12(10)20/h4-5,7,15H,2-3,6H2,1H3. The highest BCUT2D eigenvalue weighted by Crippen LogP contribution is 2.29. The van der Waals surface area contributed by atoms with Crippen LogP contribution in [-0.4, -0.2) is 39.6 Å². The number of hydrogen-bond acceptors (Lipinski definition) is 2. The fourth-order valence-corrected chi connectivity index (χ4v) is 3.13. The van der Waals surface area contributed by atoms with Crippen LogP contribution in [0.5, 0.6) is 0 Å². The van der Waals surface area contributed by atoms with Crippen molar-refractivity contribution in [1.29, 1.82) is 0 Å². The van der Waals surface area contributed by atoms with Gasteiger partial charge in [-0.25, -0.2) is 26.6 Å². The Bertz CT molecular complexity index is 847. The van der Waals surface area contributed by atoms with Gasteiger partial charge in [0.15, 0.2) is 5.69 Å². The number of fused-ring (bicyclic) bond motifs is 1. The lowest BCUT2D eigenvalue weighted by molar-refractivity contribution is 0.0254. The van der Waals surface area contributed by atoms with Crippen LogP contribution in [0.3, 0.4) is 0 Å². The number of carbonyl (C=O) groups is 1. The molecule has 2 heterocycles. The minimum Gasteiger partial charge on any atom is -0.328 e. The number of nitrogens with zero attached hydrogens (tertiary/aromatic N) is 3. The fourth-order valence-electron chi connectivity index (χ4n) is 2.84. The lowest BCUT2D eigenvalue weighted by Crippen LogP contribution is -2.46. The highest BCUT2D eigenvalue weighted by Gasteiger charge is 2.36. The summed E-state index contributed by atoms with van der Waals surface area (Å²) in [6.45, 7) is 0.777. The number of halogens is 6. The van der Waals surface area contributed by atoms with E-state index in [4.69, 9.17) is 11.6 Å². The third-order valence-corrected chi connectivity index (χ3v) is 4.74. The van der Waals surface area contributed by atoms with Crippen LogP contribution in [0.25, 0.3) is 0 Å². The van der Waals surface area contributed by atoms with Crippen LogP contribution in [0.1, 0.15) is 28.5 Å². The number of carbonyl (C=O) groups excluding carboxylic acids is 1. The normalized spacial score (nSPS) is 15.5. The molecular weight excluding hydrogens is 381 g/mol. The zero-order valence-corrected chi connectivity index (χ0v) is 14.2. The van der Waals surface area contributed by atoms with Crippen molar-refractivity contribution < 1.29 is 26.7 Å². The third kappa shape index (κ3) is 3.15. The van der Waals surface area contributed by atoms with Gasteiger partial charge in [-0.05, 0) is 13.3 Å². The maximum atomic E-state index is 13.8. The first-order chi connectivity index (χ1) is 12.2. The van der Waals surface area contributed by atoms with Crippen LogP contribution in [0, 0.1) is 17.5 Å². The van der Waals surface area contributed by atoms with Gasteiger partial charge in [-0.3, -0.25) is 4.79 Å². The summed E-state index contributed by atoms with van der Waals surface area (Å²) in [6, 6.07) is -0.258. The highest BCUT2D eigenvalue weighted by atomic mass is 35.5. The molecule has 0 radical (unpaired) electrons.